The van der Waals surface area contributed by atoms with Crippen LogP contribution in [0, 0.1) is 11.8 Å². The maximum atomic E-state index is 14.6. The number of benzene rings is 2. The molecule has 1 saturated carbocycles. The molecule has 4 N–H and O–H groups in total. The molecule has 2 heterocycles. The molecular formula is C46H62N6O9. The summed E-state index contributed by atoms with van der Waals surface area (Å²) in [5.74, 6) is -3.80. The highest BCUT2D eigenvalue weighted by Crippen LogP contribution is 2.31. The molecule has 4 aliphatic rings. The first-order valence-corrected chi connectivity index (χ1v) is 22.0. The molecule has 6 amide bonds. The molecule has 2 fully saturated rings. The number of nitrogens with zero attached hydrogens (tertiary/aromatic N) is 2. The number of rotatable bonds is 12. The van der Waals surface area contributed by atoms with Crippen LogP contribution >= 0.6 is 0 Å². The number of ketones is 1. The van der Waals surface area contributed by atoms with Crippen LogP contribution in [0.1, 0.15) is 87.8 Å². The van der Waals surface area contributed by atoms with Crippen LogP contribution in [0.15, 0.2) is 48.5 Å². The normalized spacial score (nSPS) is 22.4. The fourth-order valence-electron chi connectivity index (χ4n) is 9.18. The average molecular weight is 843 g/mol. The van der Waals surface area contributed by atoms with E-state index in [1.165, 1.54) is 9.80 Å². The van der Waals surface area contributed by atoms with Gasteiger partial charge in [0.1, 0.15) is 23.9 Å². The standard InChI is InChI=1S/C46H62N6O9/c1-4-13-36(42(55)44(57)47-27-39(54)50-41(45(58)51(2)3)33-24-31-17-8-9-18-32(31)25-33)48-43(56)37-26-35-28-52(37)46(59)40(30-15-6-5-7-16-30)49-38(53)23-29-14-12-19-34(22-29)60-20-10-11-21-61-35/h8-9,12,14,17-19,22,30,33,35-37,40-41H,4-7,10-11,13,15-16,20-21,23-28H2,1-3H3,(H,47,57)(H,48,56)(H,49,53)(H,50,54)/t35-,36+,37+,40+,41+/m1/s1. The first kappa shape index (κ1) is 45.2. The van der Waals surface area contributed by atoms with Gasteiger partial charge in [-0.1, -0.05) is 69.0 Å². The van der Waals surface area contributed by atoms with E-state index >= 15 is 0 Å². The molecule has 0 unspecified atom stereocenters. The third-order valence-electron chi connectivity index (χ3n) is 12.4. The quantitative estimate of drug-likeness (QED) is 0.233. The highest BCUT2D eigenvalue weighted by Gasteiger charge is 2.45. The summed E-state index contributed by atoms with van der Waals surface area (Å²) in [4.78, 5) is 98.7. The van der Waals surface area contributed by atoms with Gasteiger partial charge in [-0.25, -0.2) is 0 Å². The van der Waals surface area contributed by atoms with E-state index in [9.17, 15) is 33.6 Å². The zero-order chi connectivity index (χ0) is 43.5. The SMILES string of the molecule is CCC[C@H](NC(=O)[C@@H]1C[C@@H]2CN1C(=O)[C@H](C1CCCCC1)NC(=O)Cc1cccc(c1)OCCCCO2)C(=O)C(=O)NCC(=O)N[C@H](C(=O)N(C)C)C1Cc2ccccc2C1. The van der Waals surface area contributed by atoms with E-state index in [1.807, 2.05) is 55.5 Å². The first-order valence-electron chi connectivity index (χ1n) is 22.0. The second kappa shape index (κ2) is 21.5. The van der Waals surface area contributed by atoms with Gasteiger partial charge in [0.15, 0.2) is 0 Å². The van der Waals surface area contributed by atoms with Crippen molar-refractivity contribution in [3.05, 3.63) is 65.2 Å². The van der Waals surface area contributed by atoms with E-state index in [0.29, 0.717) is 51.1 Å². The Morgan fingerprint density at radius 2 is 1.62 bits per heavy atom. The van der Waals surface area contributed by atoms with Crippen molar-refractivity contribution in [2.24, 2.45) is 11.8 Å². The van der Waals surface area contributed by atoms with Crippen molar-refractivity contribution in [1.82, 2.24) is 31.1 Å². The van der Waals surface area contributed by atoms with Crippen molar-refractivity contribution in [1.29, 1.82) is 0 Å². The molecule has 4 bridgehead atoms. The van der Waals surface area contributed by atoms with Gasteiger partial charge in [0.05, 0.1) is 31.7 Å². The molecule has 15 nitrogen and oxygen atoms in total. The Morgan fingerprint density at radius 1 is 0.902 bits per heavy atom. The molecule has 15 heteroatoms. The topological polar surface area (TPSA) is 193 Å². The minimum Gasteiger partial charge on any atom is -0.494 e. The van der Waals surface area contributed by atoms with Crippen LogP contribution in [0.25, 0.3) is 0 Å². The zero-order valence-corrected chi connectivity index (χ0v) is 35.7. The molecule has 0 aromatic heterocycles. The summed E-state index contributed by atoms with van der Waals surface area (Å²) in [6, 6.07) is 11.3. The predicted molar refractivity (Wildman–Crippen MR) is 226 cm³/mol. The second-order valence-electron chi connectivity index (χ2n) is 17.2. The molecule has 1 saturated heterocycles. The van der Waals surface area contributed by atoms with Crippen molar-refractivity contribution in [3.63, 3.8) is 0 Å². The zero-order valence-electron chi connectivity index (χ0n) is 35.7. The fourth-order valence-corrected chi connectivity index (χ4v) is 9.18. The van der Waals surface area contributed by atoms with Gasteiger partial charge in [-0.05, 0) is 85.6 Å². The summed E-state index contributed by atoms with van der Waals surface area (Å²) in [6.45, 7) is 2.23. The number of fused-ring (bicyclic) bond motifs is 5. The highest BCUT2D eigenvalue weighted by molar-refractivity contribution is 6.38. The van der Waals surface area contributed by atoms with Crippen LogP contribution in [0.2, 0.25) is 0 Å². The van der Waals surface area contributed by atoms with Gasteiger partial charge in [0.2, 0.25) is 35.3 Å². The lowest BCUT2D eigenvalue weighted by Gasteiger charge is -2.35. The smallest absolute Gasteiger partial charge is 0.290 e. The summed E-state index contributed by atoms with van der Waals surface area (Å²) in [5, 5.41) is 11.0. The molecule has 2 aliphatic carbocycles. The van der Waals surface area contributed by atoms with Crippen LogP contribution in [0.3, 0.4) is 0 Å². The van der Waals surface area contributed by atoms with Crippen molar-refractivity contribution in [2.75, 3.05) is 40.4 Å². The molecular weight excluding hydrogens is 781 g/mol. The maximum absolute atomic E-state index is 14.6. The number of hydrogen-bond acceptors (Lipinski definition) is 9. The third kappa shape index (κ3) is 12.0. The van der Waals surface area contributed by atoms with Crippen LogP contribution in [0.4, 0.5) is 0 Å². The maximum Gasteiger partial charge on any atom is 0.290 e. The highest BCUT2D eigenvalue weighted by atomic mass is 16.5. The number of amides is 6. The molecule has 2 aromatic rings. The average Bonchev–Trinajstić information content (AvgIpc) is 3.89. The molecule has 0 radical (unpaired) electrons. The minimum atomic E-state index is -1.23. The predicted octanol–water partition coefficient (Wildman–Crippen LogP) is 2.41. The molecule has 2 aromatic carbocycles. The molecule has 6 rings (SSSR count). The number of Topliss-reactive ketones (excluding diaryl/α,β-unsaturated/α-hetero) is 1. The summed E-state index contributed by atoms with van der Waals surface area (Å²) in [5.41, 5.74) is 2.99. The van der Waals surface area contributed by atoms with E-state index in [2.05, 4.69) is 21.3 Å². The Balaban J connectivity index is 1.12. The molecule has 61 heavy (non-hydrogen) atoms. The summed E-state index contributed by atoms with van der Waals surface area (Å²) < 4.78 is 12.2. The number of carbonyl (C=O) groups is 7. The number of likely N-dealkylation sites (N-methyl/N-ethyl adjacent to an activating group) is 1. The monoisotopic (exact) mass is 842 g/mol. The van der Waals surface area contributed by atoms with Crippen molar-refractivity contribution < 1.29 is 43.0 Å². The largest absolute Gasteiger partial charge is 0.494 e. The lowest BCUT2D eigenvalue weighted by atomic mass is 9.83. The molecule has 0 spiro atoms. The van der Waals surface area contributed by atoms with E-state index in [-0.39, 0.29) is 55.4 Å². The Labute approximate surface area is 358 Å². The van der Waals surface area contributed by atoms with E-state index in [0.717, 1.165) is 48.8 Å². The van der Waals surface area contributed by atoms with Crippen LogP contribution in [-0.2, 0) is 57.6 Å². The van der Waals surface area contributed by atoms with Crippen LogP contribution < -0.4 is 26.0 Å². The summed E-state index contributed by atoms with van der Waals surface area (Å²) >= 11 is 0. The van der Waals surface area contributed by atoms with Gasteiger partial charge in [-0.2, -0.15) is 0 Å². The number of carbonyl (C=O) groups excluding carboxylic acids is 7. The molecule has 330 valence electrons. The van der Waals surface area contributed by atoms with Gasteiger partial charge >= 0.3 is 0 Å². The number of nitrogens with one attached hydrogen (secondary N) is 4. The van der Waals surface area contributed by atoms with Gasteiger partial charge in [0, 0.05) is 33.7 Å². The minimum absolute atomic E-state index is 0.0536. The summed E-state index contributed by atoms with van der Waals surface area (Å²) in [7, 11) is 3.23. The van der Waals surface area contributed by atoms with Crippen molar-refractivity contribution >= 4 is 41.2 Å². The van der Waals surface area contributed by atoms with Crippen LogP contribution in [-0.4, -0.2) is 122 Å². The summed E-state index contributed by atoms with van der Waals surface area (Å²) in [6.07, 6.45) is 7.36. The Morgan fingerprint density at radius 3 is 2.33 bits per heavy atom. The molecule has 2 aliphatic heterocycles. The molecule has 5 atom stereocenters. The van der Waals surface area contributed by atoms with E-state index in [1.54, 1.807) is 14.1 Å². The van der Waals surface area contributed by atoms with Gasteiger partial charge in [0.25, 0.3) is 5.91 Å². The van der Waals surface area contributed by atoms with Gasteiger partial charge < -0.3 is 40.5 Å². The van der Waals surface area contributed by atoms with E-state index < -0.39 is 60.3 Å². The van der Waals surface area contributed by atoms with Gasteiger partial charge in [-0.3, -0.25) is 33.6 Å². The Hall–Kier alpha value is -5.31. The fraction of sp³-hybridized carbons (Fsp3) is 0.587. The lowest BCUT2D eigenvalue weighted by Crippen LogP contribution is -2.58. The number of ether oxygens (including phenoxy) is 2. The lowest BCUT2D eigenvalue weighted by molar-refractivity contribution is -0.144. The van der Waals surface area contributed by atoms with E-state index in [4.69, 9.17) is 9.47 Å². The van der Waals surface area contributed by atoms with Crippen molar-refractivity contribution in [2.45, 2.75) is 121 Å². The first-order chi connectivity index (χ1) is 29.4. The Bertz CT molecular complexity index is 1890. The van der Waals surface area contributed by atoms with Crippen molar-refractivity contribution in [3.8, 4) is 5.75 Å². The Kier molecular flexibility index (Phi) is 15.9. The second-order valence-corrected chi connectivity index (χ2v) is 17.2. The van der Waals surface area contributed by atoms with Crippen LogP contribution in [0.5, 0.6) is 5.75 Å². The van der Waals surface area contributed by atoms with Gasteiger partial charge in [-0.15, -0.1) is 0 Å². The third-order valence-corrected chi connectivity index (χ3v) is 12.4. The number of hydrogen-bond donors (Lipinski definition) is 4.